The zero-order chi connectivity index (χ0) is 15.6. The quantitative estimate of drug-likeness (QED) is 0.840. The minimum atomic E-state index is -5.03. The Morgan fingerprint density at radius 2 is 1.95 bits per heavy atom. The number of hydrogen-bond acceptors (Lipinski definition) is 4. The van der Waals surface area contributed by atoms with Gasteiger partial charge in [0.2, 0.25) is 0 Å². The second kappa shape index (κ2) is 5.96. The number of aliphatic hydroxyl groups is 1. The van der Waals surface area contributed by atoms with Crippen LogP contribution < -0.4 is 4.74 Å². The van der Waals surface area contributed by atoms with Gasteiger partial charge in [0.1, 0.15) is 11.6 Å². The Hall–Kier alpha value is -1.35. The molecule has 0 aliphatic carbocycles. The van der Waals surface area contributed by atoms with E-state index in [1.54, 1.807) is 0 Å². The van der Waals surface area contributed by atoms with Gasteiger partial charge in [0.05, 0.1) is 18.6 Å². The molecule has 0 amide bonds. The van der Waals surface area contributed by atoms with Crippen LogP contribution in [0.4, 0.5) is 17.6 Å². The summed E-state index contributed by atoms with van der Waals surface area (Å²) >= 11 is 0. The van der Waals surface area contributed by atoms with Gasteiger partial charge in [-0.15, -0.1) is 0 Å². The first kappa shape index (κ1) is 16.7. The fourth-order valence-corrected chi connectivity index (χ4v) is 2.98. The van der Waals surface area contributed by atoms with Gasteiger partial charge in [0.25, 0.3) is 0 Å². The van der Waals surface area contributed by atoms with Gasteiger partial charge in [0.15, 0.2) is 15.9 Å². The van der Waals surface area contributed by atoms with Crippen LogP contribution in [0.25, 0.3) is 0 Å². The largest absolute Gasteiger partial charge is 0.496 e. The number of benzene rings is 1. The van der Waals surface area contributed by atoms with E-state index in [-0.39, 0.29) is 11.3 Å². The Morgan fingerprint density at radius 1 is 1.35 bits per heavy atom. The van der Waals surface area contributed by atoms with E-state index in [2.05, 4.69) is 0 Å². The van der Waals surface area contributed by atoms with Crippen LogP contribution in [0.3, 0.4) is 0 Å². The van der Waals surface area contributed by atoms with E-state index < -0.39 is 39.4 Å². The molecule has 0 aliphatic rings. The lowest BCUT2D eigenvalue weighted by molar-refractivity contribution is -0.196. The van der Waals surface area contributed by atoms with Gasteiger partial charge in [-0.3, -0.25) is 0 Å². The van der Waals surface area contributed by atoms with Crippen molar-refractivity contribution in [1.29, 1.82) is 0 Å². The van der Waals surface area contributed by atoms with E-state index in [1.807, 2.05) is 0 Å². The van der Waals surface area contributed by atoms with E-state index in [9.17, 15) is 26.0 Å². The second-order valence-corrected chi connectivity index (χ2v) is 6.18. The number of hydrogen-bond donors (Lipinski definition) is 1. The zero-order valence-corrected chi connectivity index (χ0v) is 11.1. The Labute approximate surface area is 112 Å². The van der Waals surface area contributed by atoms with Crippen molar-refractivity contribution in [3.05, 3.63) is 29.6 Å². The van der Waals surface area contributed by atoms with Crippen LogP contribution in [0, 0.1) is 5.82 Å². The lowest BCUT2D eigenvalue weighted by Crippen LogP contribution is -2.35. The van der Waals surface area contributed by atoms with Crippen LogP contribution in [0.1, 0.15) is 5.56 Å². The number of alkyl halides is 3. The summed E-state index contributed by atoms with van der Waals surface area (Å²) < 4.78 is 77.4. The molecule has 1 aromatic rings. The first-order chi connectivity index (χ1) is 9.05. The van der Waals surface area contributed by atoms with Gasteiger partial charge in [-0.2, -0.15) is 13.2 Å². The molecule has 20 heavy (non-hydrogen) atoms. The highest BCUT2D eigenvalue weighted by molar-refractivity contribution is 7.90. The molecule has 4 nitrogen and oxygen atoms in total. The summed E-state index contributed by atoms with van der Waals surface area (Å²) in [4.78, 5) is 0. The fraction of sp³-hybridized carbons (Fsp3) is 0.455. The molecule has 114 valence electrons. The molecule has 0 aromatic heterocycles. The fourth-order valence-electron chi connectivity index (χ4n) is 1.49. The van der Waals surface area contributed by atoms with E-state index in [0.29, 0.717) is 0 Å². The molecule has 0 aliphatic heterocycles. The van der Waals surface area contributed by atoms with Gasteiger partial charge in [0, 0.05) is 5.56 Å². The number of rotatable bonds is 5. The first-order valence-electron chi connectivity index (χ1n) is 5.33. The Kier molecular flexibility index (Phi) is 4.98. The number of ether oxygens (including phenoxy) is 1. The molecular weight excluding hydrogens is 304 g/mol. The van der Waals surface area contributed by atoms with E-state index in [0.717, 1.165) is 12.1 Å². The molecule has 9 heteroatoms. The Balaban J connectivity index is 2.94. The van der Waals surface area contributed by atoms with Crippen LogP contribution in [0.15, 0.2) is 18.2 Å². The summed E-state index contributed by atoms with van der Waals surface area (Å²) in [5, 5.41) is 8.77. The average molecular weight is 316 g/mol. The molecule has 1 atom stereocenters. The van der Waals surface area contributed by atoms with Gasteiger partial charge >= 0.3 is 6.18 Å². The van der Waals surface area contributed by atoms with Crippen molar-refractivity contribution in [3.63, 3.8) is 0 Å². The molecule has 1 N–H and O–H groups in total. The van der Waals surface area contributed by atoms with Gasteiger partial charge in [-0.25, -0.2) is 12.8 Å². The molecule has 0 bridgehead atoms. The van der Waals surface area contributed by atoms with E-state index in [1.165, 1.54) is 13.2 Å². The molecule has 0 radical (unpaired) electrons. The highest BCUT2D eigenvalue weighted by atomic mass is 32.2. The lowest BCUT2D eigenvalue weighted by Gasteiger charge is -2.15. The summed E-state index contributed by atoms with van der Waals surface area (Å²) in [6, 6.07) is 3.05. The topological polar surface area (TPSA) is 63.6 Å². The van der Waals surface area contributed by atoms with E-state index >= 15 is 0 Å². The monoisotopic (exact) mass is 316 g/mol. The van der Waals surface area contributed by atoms with Crippen molar-refractivity contribution in [2.45, 2.75) is 18.0 Å². The molecule has 1 aromatic carbocycles. The van der Waals surface area contributed by atoms with Gasteiger partial charge in [-0.1, -0.05) is 0 Å². The van der Waals surface area contributed by atoms with Crippen molar-refractivity contribution in [2.24, 2.45) is 0 Å². The van der Waals surface area contributed by atoms with Crippen molar-refractivity contribution in [1.82, 2.24) is 0 Å². The predicted octanol–water partition coefficient (Wildman–Crippen LogP) is 1.67. The van der Waals surface area contributed by atoms with Crippen LogP contribution in [0.2, 0.25) is 0 Å². The maximum Gasteiger partial charge on any atom is 0.415 e. The minimum Gasteiger partial charge on any atom is -0.496 e. The van der Waals surface area contributed by atoms with Crippen molar-refractivity contribution >= 4 is 9.84 Å². The van der Waals surface area contributed by atoms with Crippen molar-refractivity contribution in [2.75, 3.05) is 12.9 Å². The SMILES string of the molecule is COc1ccc(F)cc1CS(=O)(=O)C[C@@H](O)C(F)(F)F. The summed E-state index contributed by atoms with van der Waals surface area (Å²) in [5.41, 5.74) is -0.109. The highest BCUT2D eigenvalue weighted by Gasteiger charge is 2.41. The van der Waals surface area contributed by atoms with Crippen molar-refractivity contribution < 1.29 is 35.8 Å². The third kappa shape index (κ3) is 4.64. The summed E-state index contributed by atoms with van der Waals surface area (Å²) in [7, 11) is -3.07. The summed E-state index contributed by atoms with van der Waals surface area (Å²) in [6.45, 7) is 0. The third-order valence-corrected chi connectivity index (χ3v) is 3.98. The number of methoxy groups -OCH3 is 1. The molecule has 0 spiro atoms. The maximum absolute atomic E-state index is 13.0. The maximum atomic E-state index is 13.0. The summed E-state index contributed by atoms with van der Waals surface area (Å²) in [5.74, 6) is -3.05. The Bertz CT molecular complexity index is 568. The van der Waals surface area contributed by atoms with Gasteiger partial charge in [-0.05, 0) is 18.2 Å². The van der Waals surface area contributed by atoms with Crippen LogP contribution in [-0.2, 0) is 15.6 Å². The van der Waals surface area contributed by atoms with Crippen LogP contribution in [0.5, 0.6) is 5.75 Å². The molecule has 0 fully saturated rings. The molecular formula is C11H12F4O4S. The van der Waals surface area contributed by atoms with Crippen LogP contribution in [-0.4, -0.2) is 38.7 Å². The first-order valence-corrected chi connectivity index (χ1v) is 7.15. The van der Waals surface area contributed by atoms with Gasteiger partial charge < -0.3 is 9.84 Å². The smallest absolute Gasteiger partial charge is 0.415 e. The molecule has 0 unspecified atom stereocenters. The standard InChI is InChI=1S/C11H12F4O4S/c1-19-9-3-2-8(12)4-7(9)5-20(17,18)6-10(16)11(13,14)15/h2-4,10,16H,5-6H2,1H3/t10-/m1/s1. The highest BCUT2D eigenvalue weighted by Crippen LogP contribution is 2.25. The Morgan fingerprint density at radius 3 is 2.45 bits per heavy atom. The number of aliphatic hydroxyl groups excluding tert-OH is 1. The number of sulfone groups is 1. The average Bonchev–Trinajstić information content (AvgIpc) is 2.26. The predicted molar refractivity (Wildman–Crippen MR) is 62.5 cm³/mol. The van der Waals surface area contributed by atoms with Crippen LogP contribution >= 0.6 is 0 Å². The minimum absolute atomic E-state index is 0.0384. The molecule has 0 saturated heterocycles. The molecule has 0 saturated carbocycles. The summed E-state index contributed by atoms with van der Waals surface area (Å²) in [6.07, 6.45) is -8.01. The van der Waals surface area contributed by atoms with E-state index in [4.69, 9.17) is 9.84 Å². The third-order valence-electron chi connectivity index (χ3n) is 2.41. The van der Waals surface area contributed by atoms with Crippen molar-refractivity contribution in [3.8, 4) is 5.75 Å². The molecule has 0 heterocycles. The normalized spacial score (nSPS) is 14.1. The number of halogens is 4. The zero-order valence-electron chi connectivity index (χ0n) is 10.3. The lowest BCUT2D eigenvalue weighted by atomic mass is 10.2. The molecule has 1 rings (SSSR count). The second-order valence-electron chi connectivity index (χ2n) is 4.07.